The summed E-state index contributed by atoms with van der Waals surface area (Å²) in [5.41, 5.74) is 9.52. The van der Waals surface area contributed by atoms with Crippen LogP contribution in [-0.2, 0) is 13.0 Å². The Morgan fingerprint density at radius 1 is 1.36 bits per heavy atom. The van der Waals surface area contributed by atoms with E-state index in [0.717, 1.165) is 35.4 Å². The number of rotatable bonds is 2. The van der Waals surface area contributed by atoms with E-state index in [1.54, 1.807) is 0 Å². The highest BCUT2D eigenvalue weighted by molar-refractivity contribution is 7.21. The minimum atomic E-state index is -0.346. The molecule has 0 radical (unpaired) electrons. The first kappa shape index (κ1) is 16.0. The Bertz CT molecular complexity index is 967. The quantitative estimate of drug-likeness (QED) is 0.655. The summed E-state index contributed by atoms with van der Waals surface area (Å²) < 4.78 is 13.0. The lowest BCUT2D eigenvalue weighted by Gasteiger charge is -2.21. The maximum absolute atomic E-state index is 13.0. The number of halogens is 1. The zero-order valence-corrected chi connectivity index (χ0v) is 14.5. The summed E-state index contributed by atoms with van der Waals surface area (Å²) in [6.07, 6.45) is 0.937. The minimum absolute atomic E-state index is 0.298. The van der Waals surface area contributed by atoms with Crippen LogP contribution in [-0.4, -0.2) is 24.5 Å². The molecule has 0 saturated heterocycles. The number of nitrogens with zero attached hydrogens (tertiary/aromatic N) is 1. The van der Waals surface area contributed by atoms with Crippen LogP contribution in [0.1, 0.15) is 20.9 Å². The van der Waals surface area contributed by atoms with Crippen LogP contribution in [0.15, 0.2) is 30.3 Å². The van der Waals surface area contributed by atoms with E-state index in [1.165, 1.54) is 46.1 Å². The van der Waals surface area contributed by atoms with Crippen LogP contribution in [0.2, 0.25) is 0 Å². The van der Waals surface area contributed by atoms with Gasteiger partial charge in [-0.2, -0.15) is 0 Å². The maximum atomic E-state index is 13.0. The molecule has 0 saturated carbocycles. The molecule has 5 nitrogen and oxygen atoms in total. The standard InChI is InChI=1S/C18H17FN4OS/c1-23-7-6-14-10(9-23)8-13-15(20)16(25-18(13)22-14)17(24)21-12-4-2-11(19)3-5-12/h2-5,8H,6-7,9,20H2,1H3,(H,21,24)/p+1. The van der Waals surface area contributed by atoms with Crippen LogP contribution in [0.4, 0.5) is 15.8 Å². The lowest BCUT2D eigenvalue weighted by Crippen LogP contribution is -3.08. The second kappa shape index (κ2) is 6.09. The van der Waals surface area contributed by atoms with Crippen LogP contribution in [0.25, 0.3) is 10.2 Å². The van der Waals surface area contributed by atoms with Crippen molar-refractivity contribution in [3.63, 3.8) is 0 Å². The van der Waals surface area contributed by atoms with Crippen molar-refractivity contribution in [1.29, 1.82) is 0 Å². The number of thiophene rings is 1. The lowest BCUT2D eigenvalue weighted by atomic mass is 10.0. The van der Waals surface area contributed by atoms with E-state index < -0.39 is 0 Å². The van der Waals surface area contributed by atoms with Crippen LogP contribution in [0.5, 0.6) is 0 Å². The van der Waals surface area contributed by atoms with Gasteiger partial charge >= 0.3 is 0 Å². The SMILES string of the molecule is C[NH+]1CCc2nc3sc(C(=O)Nc4ccc(F)cc4)c(N)c3cc2C1. The smallest absolute Gasteiger partial charge is 0.267 e. The number of amides is 1. The van der Waals surface area contributed by atoms with Crippen molar-refractivity contribution in [3.8, 4) is 0 Å². The van der Waals surface area contributed by atoms with E-state index in [9.17, 15) is 9.18 Å². The van der Waals surface area contributed by atoms with Gasteiger partial charge in [0.05, 0.1) is 25.0 Å². The summed E-state index contributed by atoms with van der Waals surface area (Å²) in [7, 11) is 2.16. The summed E-state index contributed by atoms with van der Waals surface area (Å²) in [5.74, 6) is -0.644. The number of likely N-dealkylation sites (N-methyl/N-ethyl adjacent to an activating group) is 1. The van der Waals surface area contributed by atoms with E-state index in [4.69, 9.17) is 10.7 Å². The van der Waals surface area contributed by atoms with Crippen molar-refractivity contribution in [2.75, 3.05) is 24.6 Å². The number of nitrogens with two attached hydrogens (primary N) is 1. The second-order valence-electron chi connectivity index (χ2n) is 6.39. The molecule has 1 aromatic carbocycles. The van der Waals surface area contributed by atoms with Crippen molar-refractivity contribution >= 4 is 38.8 Å². The topological polar surface area (TPSA) is 72.5 Å². The first-order valence-electron chi connectivity index (χ1n) is 8.10. The molecule has 3 aromatic rings. The molecule has 0 fully saturated rings. The number of aromatic nitrogens is 1. The van der Waals surface area contributed by atoms with E-state index in [0.29, 0.717) is 16.3 Å². The third-order valence-electron chi connectivity index (χ3n) is 4.48. The summed E-state index contributed by atoms with van der Waals surface area (Å²) in [6.45, 7) is 1.98. The van der Waals surface area contributed by atoms with Gasteiger partial charge in [0, 0.05) is 23.1 Å². The predicted molar refractivity (Wildman–Crippen MR) is 97.5 cm³/mol. The molecular weight excluding hydrogens is 339 g/mol. The summed E-state index contributed by atoms with van der Waals surface area (Å²) in [6, 6.07) is 7.72. The molecule has 2 aromatic heterocycles. The van der Waals surface area contributed by atoms with E-state index in [1.807, 2.05) is 0 Å². The Balaban J connectivity index is 1.69. The number of hydrogen-bond donors (Lipinski definition) is 3. The number of carbonyl (C=O) groups excluding carboxylic acids is 1. The molecule has 1 amide bonds. The molecule has 128 valence electrons. The van der Waals surface area contributed by atoms with Crippen LogP contribution >= 0.6 is 11.3 Å². The zero-order chi connectivity index (χ0) is 17.6. The highest BCUT2D eigenvalue weighted by Gasteiger charge is 2.23. The largest absolute Gasteiger partial charge is 0.397 e. The normalized spacial score (nSPS) is 16.6. The molecule has 1 aliphatic rings. The Hall–Kier alpha value is -2.51. The van der Waals surface area contributed by atoms with Gasteiger partial charge in [0.2, 0.25) is 0 Å². The van der Waals surface area contributed by atoms with Crippen molar-refractivity contribution in [2.24, 2.45) is 0 Å². The highest BCUT2D eigenvalue weighted by atomic mass is 32.1. The molecular formula is C18H18FN4OS+. The molecule has 1 aliphatic heterocycles. The molecule has 1 unspecified atom stereocenters. The molecule has 4 N–H and O–H groups in total. The van der Waals surface area contributed by atoms with Crippen LogP contribution in [0, 0.1) is 5.82 Å². The Labute approximate surface area is 148 Å². The third-order valence-corrected chi connectivity index (χ3v) is 5.59. The van der Waals surface area contributed by atoms with Gasteiger partial charge in [0.25, 0.3) is 5.91 Å². The summed E-state index contributed by atoms with van der Waals surface area (Å²) >= 11 is 1.30. The van der Waals surface area contributed by atoms with E-state index in [2.05, 4.69) is 18.4 Å². The fraction of sp³-hybridized carbons (Fsp3) is 0.222. The number of pyridine rings is 1. The Kier molecular flexibility index (Phi) is 3.89. The maximum Gasteiger partial charge on any atom is 0.267 e. The molecule has 25 heavy (non-hydrogen) atoms. The van der Waals surface area contributed by atoms with Crippen molar-refractivity contribution in [2.45, 2.75) is 13.0 Å². The molecule has 4 rings (SSSR count). The van der Waals surface area contributed by atoms with Gasteiger partial charge in [0.1, 0.15) is 22.1 Å². The zero-order valence-electron chi connectivity index (χ0n) is 13.7. The summed E-state index contributed by atoms with van der Waals surface area (Å²) in [4.78, 5) is 20.0. The highest BCUT2D eigenvalue weighted by Crippen LogP contribution is 2.34. The molecule has 0 aliphatic carbocycles. The number of carbonyl (C=O) groups is 1. The lowest BCUT2D eigenvalue weighted by molar-refractivity contribution is -0.895. The number of benzene rings is 1. The monoisotopic (exact) mass is 357 g/mol. The van der Waals surface area contributed by atoms with Crippen LogP contribution < -0.4 is 16.0 Å². The third kappa shape index (κ3) is 2.96. The second-order valence-corrected chi connectivity index (χ2v) is 7.39. The van der Waals surface area contributed by atoms with Gasteiger partial charge in [-0.15, -0.1) is 11.3 Å². The van der Waals surface area contributed by atoms with Gasteiger partial charge in [0.15, 0.2) is 0 Å². The fourth-order valence-electron chi connectivity index (χ4n) is 3.12. The average molecular weight is 357 g/mol. The van der Waals surface area contributed by atoms with Crippen molar-refractivity contribution in [1.82, 2.24) is 4.98 Å². The van der Waals surface area contributed by atoms with Gasteiger partial charge in [-0.1, -0.05) is 0 Å². The first-order chi connectivity index (χ1) is 12.0. The average Bonchev–Trinajstić information content (AvgIpc) is 2.91. The number of hydrogen-bond acceptors (Lipinski definition) is 4. The van der Waals surface area contributed by atoms with Crippen molar-refractivity contribution in [3.05, 3.63) is 52.3 Å². The number of nitrogen functional groups attached to an aromatic ring is 1. The Morgan fingerprint density at radius 2 is 2.12 bits per heavy atom. The molecule has 1 atom stereocenters. The molecule has 7 heteroatoms. The fourth-order valence-corrected chi connectivity index (χ4v) is 4.11. The van der Waals surface area contributed by atoms with Gasteiger partial charge < -0.3 is 16.0 Å². The Morgan fingerprint density at radius 3 is 2.88 bits per heavy atom. The minimum Gasteiger partial charge on any atom is -0.397 e. The summed E-state index contributed by atoms with van der Waals surface area (Å²) in [5, 5.41) is 3.59. The van der Waals surface area contributed by atoms with Gasteiger partial charge in [-0.25, -0.2) is 9.37 Å². The van der Waals surface area contributed by atoms with Crippen LogP contribution in [0.3, 0.4) is 0 Å². The molecule has 0 bridgehead atoms. The van der Waals surface area contributed by atoms with Gasteiger partial charge in [-0.05, 0) is 30.3 Å². The van der Waals surface area contributed by atoms with Gasteiger partial charge in [-0.3, -0.25) is 4.79 Å². The van der Waals surface area contributed by atoms with E-state index in [-0.39, 0.29) is 11.7 Å². The van der Waals surface area contributed by atoms with Crippen molar-refractivity contribution < 1.29 is 14.1 Å². The van der Waals surface area contributed by atoms with E-state index >= 15 is 0 Å². The number of nitrogens with one attached hydrogen (secondary N) is 2. The number of fused-ring (bicyclic) bond motifs is 2. The number of anilines is 2. The molecule has 3 heterocycles. The molecule has 0 spiro atoms. The predicted octanol–water partition coefficient (Wildman–Crippen LogP) is 1.84. The number of quaternary nitrogens is 1. The first-order valence-corrected chi connectivity index (χ1v) is 8.92.